The highest BCUT2D eigenvalue weighted by atomic mass is 15.0. The van der Waals surface area contributed by atoms with E-state index in [1.165, 1.54) is 11.1 Å². The predicted octanol–water partition coefficient (Wildman–Crippen LogP) is 3.20. The maximum Gasteiger partial charge on any atom is 0.0317 e. The third-order valence-corrected chi connectivity index (χ3v) is 3.11. The molecule has 0 saturated heterocycles. The molecule has 17 heavy (non-hydrogen) atoms. The van der Waals surface area contributed by atoms with Crippen LogP contribution < -0.4 is 11.1 Å². The summed E-state index contributed by atoms with van der Waals surface area (Å²) in [6, 6.07) is 8.16. The molecule has 1 aromatic rings. The van der Waals surface area contributed by atoms with Crippen molar-refractivity contribution in [3.05, 3.63) is 35.9 Å². The fourth-order valence-corrected chi connectivity index (χ4v) is 2.80. The average Bonchev–Trinajstić information content (AvgIpc) is 2.13. The Morgan fingerprint density at radius 2 is 1.65 bits per heavy atom. The second kappa shape index (κ2) is 3.88. The van der Waals surface area contributed by atoms with Crippen LogP contribution in [-0.2, 0) is 0 Å². The summed E-state index contributed by atoms with van der Waals surface area (Å²) >= 11 is 0. The van der Waals surface area contributed by atoms with E-state index in [0.717, 1.165) is 12.1 Å². The first kappa shape index (κ1) is 12.2. The second-order valence-electron chi connectivity index (χ2n) is 6.20. The van der Waals surface area contributed by atoms with Crippen molar-refractivity contribution < 1.29 is 0 Å². The molecule has 3 N–H and O–H groups in total. The van der Waals surface area contributed by atoms with E-state index in [9.17, 15) is 0 Å². The van der Waals surface area contributed by atoms with E-state index < -0.39 is 0 Å². The van der Waals surface area contributed by atoms with Gasteiger partial charge in [-0.1, -0.05) is 18.2 Å². The SMILES string of the molecule is CC1(C)C=C(c2ccc(N)cc2)CC(C)(C)N1. The Labute approximate surface area is 104 Å². The molecule has 0 amide bonds. The molecule has 0 atom stereocenters. The van der Waals surface area contributed by atoms with Gasteiger partial charge in [-0.2, -0.15) is 0 Å². The van der Waals surface area contributed by atoms with Crippen LogP contribution >= 0.6 is 0 Å². The maximum atomic E-state index is 5.73. The van der Waals surface area contributed by atoms with Gasteiger partial charge in [-0.3, -0.25) is 0 Å². The van der Waals surface area contributed by atoms with E-state index in [1.54, 1.807) is 0 Å². The van der Waals surface area contributed by atoms with Crippen molar-refractivity contribution in [2.75, 3.05) is 5.73 Å². The molecule has 0 aromatic heterocycles. The van der Waals surface area contributed by atoms with Gasteiger partial charge in [0.05, 0.1) is 0 Å². The minimum absolute atomic E-state index is 0.0401. The number of hydrogen-bond donors (Lipinski definition) is 2. The molecular weight excluding hydrogens is 208 g/mol. The molecule has 1 heterocycles. The lowest BCUT2D eigenvalue weighted by Gasteiger charge is -2.41. The molecule has 0 spiro atoms. The molecule has 0 unspecified atom stereocenters. The number of hydrogen-bond acceptors (Lipinski definition) is 2. The Kier molecular flexibility index (Phi) is 2.78. The molecule has 2 nitrogen and oxygen atoms in total. The lowest BCUT2D eigenvalue weighted by atomic mass is 9.81. The first-order valence-corrected chi connectivity index (χ1v) is 6.14. The molecular formula is C15H22N2. The van der Waals surface area contributed by atoms with Gasteiger partial charge in [-0.25, -0.2) is 0 Å². The normalized spacial score (nSPS) is 22.0. The highest BCUT2D eigenvalue weighted by Crippen LogP contribution is 2.33. The van der Waals surface area contributed by atoms with Gasteiger partial charge in [-0.15, -0.1) is 0 Å². The third kappa shape index (κ3) is 2.89. The summed E-state index contributed by atoms with van der Waals surface area (Å²) < 4.78 is 0. The van der Waals surface area contributed by atoms with E-state index >= 15 is 0 Å². The number of nitrogens with one attached hydrogen (secondary N) is 1. The summed E-state index contributed by atoms with van der Waals surface area (Å²) in [5.41, 5.74) is 9.41. The molecule has 0 bridgehead atoms. The number of nitrogen functional groups attached to an aromatic ring is 1. The summed E-state index contributed by atoms with van der Waals surface area (Å²) in [5.74, 6) is 0. The monoisotopic (exact) mass is 230 g/mol. The van der Waals surface area contributed by atoms with E-state index in [0.29, 0.717) is 0 Å². The van der Waals surface area contributed by atoms with Crippen molar-refractivity contribution in [3.63, 3.8) is 0 Å². The fraction of sp³-hybridized carbons (Fsp3) is 0.467. The minimum atomic E-state index is 0.0401. The van der Waals surface area contributed by atoms with Crippen LogP contribution in [0.1, 0.15) is 39.7 Å². The van der Waals surface area contributed by atoms with Crippen molar-refractivity contribution in [2.45, 2.75) is 45.2 Å². The molecule has 92 valence electrons. The minimum Gasteiger partial charge on any atom is -0.399 e. The van der Waals surface area contributed by atoms with Crippen LogP contribution in [0.5, 0.6) is 0 Å². The zero-order chi connectivity index (χ0) is 12.7. The summed E-state index contributed by atoms with van der Waals surface area (Å²) in [4.78, 5) is 0. The Morgan fingerprint density at radius 3 is 2.18 bits per heavy atom. The predicted molar refractivity (Wildman–Crippen MR) is 74.7 cm³/mol. The van der Waals surface area contributed by atoms with Crippen molar-refractivity contribution >= 4 is 11.3 Å². The van der Waals surface area contributed by atoms with Gasteiger partial charge >= 0.3 is 0 Å². The Morgan fingerprint density at radius 1 is 1.06 bits per heavy atom. The van der Waals surface area contributed by atoms with Crippen LogP contribution in [0.4, 0.5) is 5.69 Å². The van der Waals surface area contributed by atoms with Gasteiger partial charge in [-0.05, 0) is 57.4 Å². The number of anilines is 1. The van der Waals surface area contributed by atoms with Crippen molar-refractivity contribution in [1.82, 2.24) is 5.32 Å². The van der Waals surface area contributed by atoms with Crippen molar-refractivity contribution in [3.8, 4) is 0 Å². The first-order valence-electron chi connectivity index (χ1n) is 6.14. The third-order valence-electron chi connectivity index (χ3n) is 3.11. The Balaban J connectivity index is 2.38. The van der Waals surface area contributed by atoms with Crippen LogP contribution in [0.2, 0.25) is 0 Å². The smallest absolute Gasteiger partial charge is 0.0317 e. The highest BCUT2D eigenvalue weighted by Gasteiger charge is 2.32. The van der Waals surface area contributed by atoms with E-state index in [2.05, 4.69) is 51.2 Å². The van der Waals surface area contributed by atoms with Crippen LogP contribution in [0.25, 0.3) is 5.57 Å². The second-order valence-corrected chi connectivity index (χ2v) is 6.20. The van der Waals surface area contributed by atoms with Crippen LogP contribution in [-0.4, -0.2) is 11.1 Å². The quantitative estimate of drug-likeness (QED) is 0.727. The Bertz CT molecular complexity index is 438. The molecule has 1 aliphatic rings. The lowest BCUT2D eigenvalue weighted by molar-refractivity contribution is 0.297. The largest absolute Gasteiger partial charge is 0.399 e. The Hall–Kier alpha value is -1.28. The summed E-state index contributed by atoms with van der Waals surface area (Å²) in [7, 11) is 0. The molecule has 0 radical (unpaired) electrons. The zero-order valence-corrected chi connectivity index (χ0v) is 11.2. The number of rotatable bonds is 1. The van der Waals surface area contributed by atoms with Gasteiger partial charge in [0.1, 0.15) is 0 Å². The standard InChI is InChI=1S/C15H22N2/c1-14(2)9-12(10-15(3,4)17-14)11-5-7-13(16)8-6-11/h5-9,17H,10,16H2,1-4H3. The molecule has 0 fully saturated rings. The fourth-order valence-electron chi connectivity index (χ4n) is 2.80. The van der Waals surface area contributed by atoms with Gasteiger partial charge in [0.15, 0.2) is 0 Å². The van der Waals surface area contributed by atoms with Crippen LogP contribution in [0, 0.1) is 0 Å². The van der Waals surface area contributed by atoms with E-state index in [1.807, 2.05) is 12.1 Å². The van der Waals surface area contributed by atoms with Gasteiger partial charge < -0.3 is 11.1 Å². The number of nitrogens with two attached hydrogens (primary N) is 1. The van der Waals surface area contributed by atoms with E-state index in [4.69, 9.17) is 5.73 Å². The summed E-state index contributed by atoms with van der Waals surface area (Å²) in [6.07, 6.45) is 3.37. The highest BCUT2D eigenvalue weighted by molar-refractivity contribution is 5.70. The molecule has 1 aliphatic heterocycles. The van der Waals surface area contributed by atoms with Crippen molar-refractivity contribution in [2.24, 2.45) is 0 Å². The van der Waals surface area contributed by atoms with Gasteiger partial charge in [0.2, 0.25) is 0 Å². The number of benzene rings is 1. The molecule has 2 rings (SSSR count). The molecule has 2 heteroatoms. The van der Waals surface area contributed by atoms with Gasteiger partial charge in [0.25, 0.3) is 0 Å². The summed E-state index contributed by atoms with van der Waals surface area (Å²) in [6.45, 7) is 8.93. The molecule has 0 aliphatic carbocycles. The zero-order valence-electron chi connectivity index (χ0n) is 11.2. The maximum absolute atomic E-state index is 5.73. The topological polar surface area (TPSA) is 38.0 Å². The average molecular weight is 230 g/mol. The lowest BCUT2D eigenvalue weighted by Crippen LogP contribution is -2.53. The molecule has 0 saturated carbocycles. The van der Waals surface area contributed by atoms with E-state index in [-0.39, 0.29) is 11.1 Å². The molecule has 1 aromatic carbocycles. The van der Waals surface area contributed by atoms with Crippen LogP contribution in [0.15, 0.2) is 30.3 Å². The van der Waals surface area contributed by atoms with Crippen molar-refractivity contribution in [1.29, 1.82) is 0 Å². The van der Waals surface area contributed by atoms with Gasteiger partial charge in [0, 0.05) is 16.8 Å². The summed E-state index contributed by atoms with van der Waals surface area (Å²) in [5, 5.41) is 3.64. The van der Waals surface area contributed by atoms with Crippen LogP contribution in [0.3, 0.4) is 0 Å². The first-order chi connectivity index (χ1) is 7.77.